The van der Waals surface area contributed by atoms with Gasteiger partial charge in [-0.2, -0.15) is 10.4 Å². The highest BCUT2D eigenvalue weighted by atomic mass is 16.5. The van der Waals surface area contributed by atoms with Gasteiger partial charge in [-0.1, -0.05) is 6.07 Å². The van der Waals surface area contributed by atoms with Crippen LogP contribution in [0.4, 0.5) is 5.82 Å². The number of hydrogen-bond acceptors (Lipinski definition) is 9. The third kappa shape index (κ3) is 4.99. The SMILES string of the molecule is COc1ccc(CN2C3CC2CN(c2ccc(-c4cc(C(C)NCN(C)C)cn5ncc(C#N)c45)cn2)C3)cn1. The summed E-state index contributed by atoms with van der Waals surface area (Å²) in [7, 11) is 5.72. The summed E-state index contributed by atoms with van der Waals surface area (Å²) in [5, 5.41) is 17.8. The highest BCUT2D eigenvalue weighted by molar-refractivity contribution is 5.84. The molecule has 3 unspecified atom stereocenters. The van der Waals surface area contributed by atoms with Crippen LogP contribution in [-0.2, 0) is 6.54 Å². The second kappa shape index (κ2) is 10.8. The van der Waals surface area contributed by atoms with Gasteiger partial charge in [0.1, 0.15) is 11.9 Å². The van der Waals surface area contributed by atoms with Crippen molar-refractivity contribution < 1.29 is 4.74 Å². The fraction of sp³-hybridized carbons (Fsp3) is 0.400. The Morgan fingerprint density at radius 1 is 1.12 bits per heavy atom. The molecular formula is C30H35N9O. The van der Waals surface area contributed by atoms with Crippen LogP contribution in [0.2, 0.25) is 0 Å². The van der Waals surface area contributed by atoms with Gasteiger partial charge < -0.3 is 9.64 Å². The molecule has 0 aliphatic carbocycles. The first-order valence-electron chi connectivity index (χ1n) is 13.7. The van der Waals surface area contributed by atoms with Crippen LogP contribution in [0.15, 0.2) is 55.1 Å². The second-order valence-electron chi connectivity index (χ2n) is 11.0. The van der Waals surface area contributed by atoms with Gasteiger partial charge in [0.15, 0.2) is 0 Å². The Hall–Kier alpha value is -4.04. The zero-order chi connectivity index (χ0) is 27.8. The van der Waals surface area contributed by atoms with Crippen LogP contribution in [0.25, 0.3) is 16.6 Å². The van der Waals surface area contributed by atoms with Crippen LogP contribution >= 0.6 is 0 Å². The number of ether oxygens (including phenoxy) is 1. The lowest BCUT2D eigenvalue weighted by atomic mass is 9.87. The third-order valence-corrected chi connectivity index (χ3v) is 8.07. The summed E-state index contributed by atoms with van der Waals surface area (Å²) >= 11 is 0. The van der Waals surface area contributed by atoms with Gasteiger partial charge in [-0.15, -0.1) is 0 Å². The Bertz CT molecular complexity index is 1510. The van der Waals surface area contributed by atoms with E-state index in [-0.39, 0.29) is 6.04 Å². The normalized spacial score (nSPS) is 19.4. The van der Waals surface area contributed by atoms with Gasteiger partial charge in [0.25, 0.3) is 0 Å². The summed E-state index contributed by atoms with van der Waals surface area (Å²) < 4.78 is 7.01. The zero-order valence-corrected chi connectivity index (χ0v) is 23.4. The smallest absolute Gasteiger partial charge is 0.212 e. The maximum Gasteiger partial charge on any atom is 0.212 e. The maximum absolute atomic E-state index is 9.74. The molecule has 7 heterocycles. The van der Waals surface area contributed by atoms with E-state index in [4.69, 9.17) is 9.72 Å². The Kier molecular flexibility index (Phi) is 7.11. The van der Waals surface area contributed by atoms with E-state index in [1.54, 1.807) is 13.3 Å². The van der Waals surface area contributed by atoms with E-state index < -0.39 is 0 Å². The molecule has 4 aromatic heterocycles. The number of hydrogen-bond donors (Lipinski definition) is 1. The number of nitrogens with zero attached hydrogens (tertiary/aromatic N) is 8. The molecule has 3 atom stereocenters. The summed E-state index contributed by atoms with van der Waals surface area (Å²) in [5.41, 5.74) is 5.62. The summed E-state index contributed by atoms with van der Waals surface area (Å²) in [4.78, 5) is 16.3. The highest BCUT2D eigenvalue weighted by Crippen LogP contribution is 2.36. The van der Waals surface area contributed by atoms with Crippen molar-refractivity contribution in [3.63, 3.8) is 0 Å². The molecule has 0 radical (unpaired) electrons. The van der Waals surface area contributed by atoms with Crippen LogP contribution in [0.3, 0.4) is 0 Å². The monoisotopic (exact) mass is 537 g/mol. The topological polar surface area (TPSA) is 97.8 Å². The first-order valence-corrected chi connectivity index (χ1v) is 13.7. The van der Waals surface area contributed by atoms with Crippen molar-refractivity contribution in [2.24, 2.45) is 0 Å². The number of rotatable bonds is 9. The number of nitriles is 1. The average molecular weight is 538 g/mol. The molecule has 0 amide bonds. The van der Waals surface area contributed by atoms with Crippen LogP contribution in [0.5, 0.6) is 5.88 Å². The Labute approximate surface area is 234 Å². The lowest BCUT2D eigenvalue weighted by Gasteiger charge is -2.56. The lowest BCUT2D eigenvalue weighted by Crippen LogP contribution is -2.68. The highest BCUT2D eigenvalue weighted by Gasteiger charge is 2.44. The van der Waals surface area contributed by atoms with E-state index in [0.717, 1.165) is 54.3 Å². The number of pyridine rings is 3. The molecule has 10 nitrogen and oxygen atoms in total. The number of aromatic nitrogens is 4. The van der Waals surface area contributed by atoms with Gasteiger partial charge in [0.05, 0.1) is 24.4 Å². The molecule has 0 aromatic carbocycles. The molecule has 7 rings (SSSR count). The summed E-state index contributed by atoms with van der Waals surface area (Å²) in [5.74, 6) is 1.64. The van der Waals surface area contributed by atoms with E-state index >= 15 is 0 Å². The van der Waals surface area contributed by atoms with Gasteiger partial charge in [0, 0.05) is 80.2 Å². The van der Waals surface area contributed by atoms with Crippen LogP contribution in [0.1, 0.15) is 36.1 Å². The van der Waals surface area contributed by atoms with Gasteiger partial charge in [-0.25, -0.2) is 14.5 Å². The van der Waals surface area contributed by atoms with E-state index in [0.29, 0.717) is 23.5 Å². The number of fused-ring (bicyclic) bond motifs is 3. The van der Waals surface area contributed by atoms with Crippen LogP contribution in [-0.4, -0.2) is 82.4 Å². The van der Waals surface area contributed by atoms with E-state index in [1.807, 2.05) is 43.3 Å². The molecule has 3 aliphatic rings. The first-order chi connectivity index (χ1) is 19.4. The molecule has 2 bridgehead atoms. The van der Waals surface area contributed by atoms with Crippen molar-refractivity contribution >= 4 is 11.3 Å². The molecule has 3 fully saturated rings. The second-order valence-corrected chi connectivity index (χ2v) is 11.0. The molecule has 206 valence electrons. The van der Waals surface area contributed by atoms with Gasteiger partial charge >= 0.3 is 0 Å². The zero-order valence-electron chi connectivity index (χ0n) is 23.4. The predicted octanol–water partition coefficient (Wildman–Crippen LogP) is 3.30. The largest absolute Gasteiger partial charge is 0.481 e. The molecule has 0 spiro atoms. The maximum atomic E-state index is 9.74. The van der Waals surface area contributed by atoms with Gasteiger partial charge in [0.2, 0.25) is 5.88 Å². The summed E-state index contributed by atoms with van der Waals surface area (Å²) in [6.07, 6.45) is 8.70. The molecule has 10 heteroatoms. The predicted molar refractivity (Wildman–Crippen MR) is 154 cm³/mol. The summed E-state index contributed by atoms with van der Waals surface area (Å²) in [6, 6.07) is 13.9. The van der Waals surface area contributed by atoms with Gasteiger partial charge in [-0.05, 0) is 56.8 Å². The minimum atomic E-state index is 0.115. The van der Waals surface area contributed by atoms with E-state index in [1.165, 1.54) is 12.0 Å². The molecule has 3 saturated heterocycles. The first kappa shape index (κ1) is 26.2. The Balaban J connectivity index is 1.20. The van der Waals surface area contributed by atoms with E-state index in [9.17, 15) is 5.26 Å². The van der Waals surface area contributed by atoms with Crippen molar-refractivity contribution in [1.82, 2.24) is 34.7 Å². The minimum Gasteiger partial charge on any atom is -0.481 e. The molecule has 4 aromatic rings. The third-order valence-electron chi connectivity index (χ3n) is 8.07. The fourth-order valence-electron chi connectivity index (χ4n) is 5.82. The lowest BCUT2D eigenvalue weighted by molar-refractivity contribution is -0.00876. The minimum absolute atomic E-state index is 0.115. The fourth-order valence-corrected chi connectivity index (χ4v) is 5.82. The van der Waals surface area contributed by atoms with E-state index in [2.05, 4.69) is 67.4 Å². The molecule has 0 saturated carbocycles. The number of nitrogens with one attached hydrogen (secondary N) is 1. The molecule has 1 N–H and O–H groups in total. The Morgan fingerprint density at radius 3 is 2.60 bits per heavy atom. The molecule has 3 aliphatic heterocycles. The standard InChI is InChI=1S/C30H35N9O/c1-20(34-19-36(2)3)23-9-27(30-24(11-31)14-35-39(30)16-23)22-6-7-28(32-13-22)37-17-25-10-26(18-37)38(25)15-21-5-8-29(40-4)33-12-21/h5-9,12-14,16,20,25-26,34H,10,15,17-19H2,1-4H3. The number of anilines is 1. The Morgan fingerprint density at radius 2 is 1.95 bits per heavy atom. The molecule has 40 heavy (non-hydrogen) atoms. The quantitative estimate of drug-likeness (QED) is 0.323. The summed E-state index contributed by atoms with van der Waals surface area (Å²) in [6.45, 7) is 5.73. The van der Waals surface area contributed by atoms with Crippen LogP contribution in [0, 0.1) is 11.3 Å². The van der Waals surface area contributed by atoms with Crippen molar-refractivity contribution in [1.29, 1.82) is 5.26 Å². The van der Waals surface area contributed by atoms with Crippen molar-refractivity contribution in [3.8, 4) is 23.1 Å². The number of piperidine rings is 1. The number of piperazine rings is 1. The van der Waals surface area contributed by atoms with Crippen molar-refractivity contribution in [2.75, 3.05) is 45.9 Å². The average Bonchev–Trinajstić information content (AvgIpc) is 3.42. The van der Waals surface area contributed by atoms with Crippen molar-refractivity contribution in [2.45, 2.75) is 38.0 Å². The van der Waals surface area contributed by atoms with Gasteiger partial charge in [-0.3, -0.25) is 15.1 Å². The number of methoxy groups -OCH3 is 1. The van der Waals surface area contributed by atoms with Crippen molar-refractivity contribution in [3.05, 3.63) is 71.8 Å². The van der Waals surface area contributed by atoms with Crippen LogP contribution < -0.4 is 15.0 Å². The molecular weight excluding hydrogens is 502 g/mol.